The molecule has 0 bridgehead atoms. The molecule has 13 heavy (non-hydrogen) atoms. The summed E-state index contributed by atoms with van der Waals surface area (Å²) in [5, 5.41) is 0. The third kappa shape index (κ3) is 3.30. The van der Waals surface area contributed by atoms with Gasteiger partial charge in [0.2, 0.25) is 0 Å². The summed E-state index contributed by atoms with van der Waals surface area (Å²) in [5.74, 6) is 1.72. The topological polar surface area (TPSA) is 26.0 Å². The highest BCUT2D eigenvalue weighted by molar-refractivity contribution is 4.82. The van der Waals surface area contributed by atoms with E-state index < -0.39 is 0 Å². The highest BCUT2D eigenvalue weighted by atomic mass is 14.7. The van der Waals surface area contributed by atoms with E-state index in [9.17, 15) is 0 Å². The fourth-order valence-corrected chi connectivity index (χ4v) is 2.65. The van der Waals surface area contributed by atoms with Crippen molar-refractivity contribution in [1.82, 2.24) is 0 Å². The molecule has 3 atom stereocenters. The highest BCUT2D eigenvalue weighted by Gasteiger charge is 2.27. The first-order valence-corrected chi connectivity index (χ1v) is 6.01. The number of hydrogen-bond acceptors (Lipinski definition) is 1. The summed E-state index contributed by atoms with van der Waals surface area (Å²) in [6, 6.07) is 0.490. The van der Waals surface area contributed by atoms with E-state index in [1.54, 1.807) is 0 Å². The standard InChI is InChI=1S/C12H25N/c1-3-4-5-9-12(13)11-8-6-7-10(11)2/h10-12H,3-9,13H2,1-2H3. The van der Waals surface area contributed by atoms with Crippen molar-refractivity contribution >= 4 is 0 Å². The van der Waals surface area contributed by atoms with Gasteiger partial charge >= 0.3 is 0 Å². The molecule has 1 saturated carbocycles. The second-order valence-corrected chi connectivity index (χ2v) is 4.73. The second-order valence-electron chi connectivity index (χ2n) is 4.73. The van der Waals surface area contributed by atoms with Crippen LogP contribution in [0.5, 0.6) is 0 Å². The Hall–Kier alpha value is -0.0400. The van der Waals surface area contributed by atoms with Gasteiger partial charge in [-0.15, -0.1) is 0 Å². The maximum Gasteiger partial charge on any atom is 0.00697 e. The molecule has 1 nitrogen and oxygen atoms in total. The van der Waals surface area contributed by atoms with E-state index in [0.717, 1.165) is 11.8 Å². The lowest BCUT2D eigenvalue weighted by atomic mass is 9.88. The SMILES string of the molecule is CCCCCC(N)C1CCCC1C. The normalized spacial score (nSPS) is 30.7. The Morgan fingerprint density at radius 1 is 1.31 bits per heavy atom. The van der Waals surface area contributed by atoms with E-state index in [-0.39, 0.29) is 0 Å². The van der Waals surface area contributed by atoms with Crippen LogP contribution in [0, 0.1) is 11.8 Å². The maximum absolute atomic E-state index is 6.21. The summed E-state index contributed by atoms with van der Waals surface area (Å²) in [4.78, 5) is 0. The molecule has 0 aromatic heterocycles. The molecule has 0 spiro atoms. The number of rotatable bonds is 5. The van der Waals surface area contributed by atoms with Crippen LogP contribution in [0.2, 0.25) is 0 Å². The third-order valence-corrected chi connectivity index (χ3v) is 3.62. The van der Waals surface area contributed by atoms with Gasteiger partial charge in [0.15, 0.2) is 0 Å². The Morgan fingerprint density at radius 2 is 2.08 bits per heavy atom. The van der Waals surface area contributed by atoms with Gasteiger partial charge in [0.25, 0.3) is 0 Å². The van der Waals surface area contributed by atoms with Gasteiger partial charge in [-0.3, -0.25) is 0 Å². The number of hydrogen-bond donors (Lipinski definition) is 1. The van der Waals surface area contributed by atoms with Gasteiger partial charge in [-0.25, -0.2) is 0 Å². The van der Waals surface area contributed by atoms with Crippen molar-refractivity contribution in [2.24, 2.45) is 17.6 Å². The first kappa shape index (κ1) is 11.0. The highest BCUT2D eigenvalue weighted by Crippen LogP contribution is 2.34. The Balaban J connectivity index is 2.18. The minimum absolute atomic E-state index is 0.490. The molecule has 0 amide bonds. The molecule has 0 saturated heterocycles. The summed E-state index contributed by atoms with van der Waals surface area (Å²) in [6.07, 6.45) is 9.46. The molecule has 0 aromatic rings. The van der Waals surface area contributed by atoms with Crippen molar-refractivity contribution < 1.29 is 0 Å². The summed E-state index contributed by atoms with van der Waals surface area (Å²) < 4.78 is 0. The van der Waals surface area contributed by atoms with Crippen LogP contribution in [0.4, 0.5) is 0 Å². The van der Waals surface area contributed by atoms with Gasteiger partial charge in [0.1, 0.15) is 0 Å². The zero-order valence-electron chi connectivity index (χ0n) is 9.26. The molecule has 0 heterocycles. The first-order valence-electron chi connectivity index (χ1n) is 6.01. The largest absolute Gasteiger partial charge is 0.327 e. The lowest BCUT2D eigenvalue weighted by molar-refractivity contribution is 0.325. The smallest absolute Gasteiger partial charge is 0.00697 e. The average Bonchev–Trinajstić information content (AvgIpc) is 2.52. The minimum atomic E-state index is 0.490. The fraction of sp³-hybridized carbons (Fsp3) is 1.00. The van der Waals surface area contributed by atoms with Crippen molar-refractivity contribution in [3.8, 4) is 0 Å². The van der Waals surface area contributed by atoms with Crippen LogP contribution >= 0.6 is 0 Å². The second kappa shape index (κ2) is 5.64. The van der Waals surface area contributed by atoms with E-state index in [0.29, 0.717) is 6.04 Å². The van der Waals surface area contributed by atoms with E-state index >= 15 is 0 Å². The van der Waals surface area contributed by atoms with E-state index in [2.05, 4.69) is 13.8 Å². The number of unbranched alkanes of at least 4 members (excludes halogenated alkanes) is 2. The fourth-order valence-electron chi connectivity index (χ4n) is 2.65. The van der Waals surface area contributed by atoms with Crippen LogP contribution in [-0.4, -0.2) is 6.04 Å². The number of nitrogens with two attached hydrogens (primary N) is 1. The molecule has 78 valence electrons. The van der Waals surface area contributed by atoms with Crippen molar-refractivity contribution in [3.63, 3.8) is 0 Å². The quantitative estimate of drug-likeness (QED) is 0.650. The lowest BCUT2D eigenvalue weighted by Gasteiger charge is -2.23. The summed E-state index contributed by atoms with van der Waals surface area (Å²) >= 11 is 0. The molecule has 1 aliphatic carbocycles. The Morgan fingerprint density at radius 3 is 2.62 bits per heavy atom. The first-order chi connectivity index (χ1) is 6.25. The van der Waals surface area contributed by atoms with Gasteiger partial charge in [0, 0.05) is 6.04 Å². The molecule has 1 rings (SSSR count). The van der Waals surface area contributed by atoms with Crippen molar-refractivity contribution in [2.75, 3.05) is 0 Å². The molecule has 3 unspecified atom stereocenters. The minimum Gasteiger partial charge on any atom is -0.327 e. The molecule has 0 aliphatic heterocycles. The van der Waals surface area contributed by atoms with Gasteiger partial charge in [-0.1, -0.05) is 46.0 Å². The average molecular weight is 183 g/mol. The summed E-state index contributed by atoms with van der Waals surface area (Å²) in [6.45, 7) is 4.63. The van der Waals surface area contributed by atoms with Crippen LogP contribution in [0.25, 0.3) is 0 Å². The molecule has 0 aromatic carbocycles. The molecule has 0 radical (unpaired) electrons. The molecule has 1 aliphatic rings. The maximum atomic E-state index is 6.21. The summed E-state index contributed by atoms with van der Waals surface area (Å²) in [7, 11) is 0. The van der Waals surface area contributed by atoms with E-state index in [1.165, 1.54) is 44.9 Å². The van der Waals surface area contributed by atoms with Crippen LogP contribution in [0.1, 0.15) is 58.8 Å². The van der Waals surface area contributed by atoms with Crippen molar-refractivity contribution in [2.45, 2.75) is 64.8 Å². The van der Waals surface area contributed by atoms with E-state index in [1.807, 2.05) is 0 Å². The zero-order chi connectivity index (χ0) is 9.68. The Bertz CT molecular complexity index is 133. The monoisotopic (exact) mass is 183 g/mol. The van der Waals surface area contributed by atoms with Crippen LogP contribution in [0.15, 0.2) is 0 Å². The lowest BCUT2D eigenvalue weighted by Crippen LogP contribution is -2.31. The Kier molecular flexibility index (Phi) is 4.79. The van der Waals surface area contributed by atoms with Crippen molar-refractivity contribution in [3.05, 3.63) is 0 Å². The van der Waals surface area contributed by atoms with Gasteiger partial charge < -0.3 is 5.73 Å². The van der Waals surface area contributed by atoms with Gasteiger partial charge in [-0.2, -0.15) is 0 Å². The van der Waals surface area contributed by atoms with Crippen LogP contribution in [0.3, 0.4) is 0 Å². The Labute approximate surface area is 83.1 Å². The van der Waals surface area contributed by atoms with Crippen molar-refractivity contribution in [1.29, 1.82) is 0 Å². The van der Waals surface area contributed by atoms with Crippen LogP contribution < -0.4 is 5.73 Å². The van der Waals surface area contributed by atoms with E-state index in [4.69, 9.17) is 5.73 Å². The molecule has 1 fully saturated rings. The predicted molar refractivity (Wildman–Crippen MR) is 58.6 cm³/mol. The summed E-state index contributed by atoms with van der Waals surface area (Å²) in [5.41, 5.74) is 6.21. The third-order valence-electron chi connectivity index (χ3n) is 3.62. The molecular weight excluding hydrogens is 158 g/mol. The molecular formula is C12H25N. The molecule has 1 heteroatoms. The van der Waals surface area contributed by atoms with Crippen LogP contribution in [-0.2, 0) is 0 Å². The van der Waals surface area contributed by atoms with Gasteiger partial charge in [0.05, 0.1) is 0 Å². The molecule has 2 N–H and O–H groups in total. The van der Waals surface area contributed by atoms with Gasteiger partial charge in [-0.05, 0) is 24.7 Å². The zero-order valence-corrected chi connectivity index (χ0v) is 9.26. The predicted octanol–water partition coefficient (Wildman–Crippen LogP) is 3.33.